The first-order chi connectivity index (χ1) is 14.2. The van der Waals surface area contributed by atoms with Gasteiger partial charge in [-0.15, -0.1) is 0 Å². The van der Waals surface area contributed by atoms with Crippen molar-refractivity contribution in [2.75, 3.05) is 24.5 Å². The SMILES string of the molecule is Cc1c(Cl)cc(Cl)cc1N1CCN(C(=O)CCC2(C3CC3)CC(=O)NC2=O)C[C@@H]1C. The number of imide groups is 1. The fourth-order valence-corrected chi connectivity index (χ4v) is 5.48. The number of hydrogen-bond donors (Lipinski definition) is 1. The molecule has 162 valence electrons. The van der Waals surface area contributed by atoms with E-state index in [1.807, 2.05) is 17.9 Å². The van der Waals surface area contributed by atoms with Gasteiger partial charge in [0.05, 0.1) is 5.41 Å². The summed E-state index contributed by atoms with van der Waals surface area (Å²) < 4.78 is 0. The molecule has 1 saturated carbocycles. The smallest absolute Gasteiger partial charge is 0.233 e. The van der Waals surface area contributed by atoms with Crippen molar-refractivity contribution >= 4 is 46.6 Å². The van der Waals surface area contributed by atoms with Crippen LogP contribution in [-0.4, -0.2) is 48.3 Å². The molecule has 2 atom stereocenters. The molecule has 0 spiro atoms. The van der Waals surface area contributed by atoms with E-state index in [0.717, 1.165) is 24.1 Å². The minimum atomic E-state index is -0.672. The molecule has 0 radical (unpaired) electrons. The van der Waals surface area contributed by atoms with E-state index in [4.69, 9.17) is 23.2 Å². The van der Waals surface area contributed by atoms with Gasteiger partial charge in [-0.2, -0.15) is 0 Å². The van der Waals surface area contributed by atoms with E-state index in [-0.39, 0.29) is 36.1 Å². The Hall–Kier alpha value is -1.79. The predicted octanol–water partition coefficient (Wildman–Crippen LogP) is 3.56. The monoisotopic (exact) mass is 451 g/mol. The van der Waals surface area contributed by atoms with Crippen LogP contribution in [-0.2, 0) is 14.4 Å². The van der Waals surface area contributed by atoms with Crippen LogP contribution in [0.25, 0.3) is 0 Å². The Morgan fingerprint density at radius 3 is 2.57 bits per heavy atom. The summed E-state index contributed by atoms with van der Waals surface area (Å²) in [6.07, 6.45) is 2.90. The summed E-state index contributed by atoms with van der Waals surface area (Å²) in [5.41, 5.74) is 1.31. The van der Waals surface area contributed by atoms with Crippen LogP contribution in [0.15, 0.2) is 12.1 Å². The van der Waals surface area contributed by atoms with Crippen molar-refractivity contribution in [1.82, 2.24) is 10.2 Å². The first kappa shape index (κ1) is 21.4. The van der Waals surface area contributed by atoms with Gasteiger partial charge in [0.2, 0.25) is 17.7 Å². The van der Waals surface area contributed by atoms with Crippen molar-refractivity contribution in [3.8, 4) is 0 Å². The third kappa shape index (κ3) is 3.92. The minimum Gasteiger partial charge on any atom is -0.365 e. The van der Waals surface area contributed by atoms with Gasteiger partial charge in [-0.3, -0.25) is 19.7 Å². The van der Waals surface area contributed by atoms with Crippen molar-refractivity contribution in [2.45, 2.75) is 52.0 Å². The largest absolute Gasteiger partial charge is 0.365 e. The summed E-state index contributed by atoms with van der Waals surface area (Å²) in [7, 11) is 0. The van der Waals surface area contributed by atoms with E-state index in [1.54, 1.807) is 6.07 Å². The predicted molar refractivity (Wildman–Crippen MR) is 117 cm³/mol. The van der Waals surface area contributed by atoms with Gasteiger partial charge in [-0.05, 0) is 56.7 Å². The van der Waals surface area contributed by atoms with Crippen molar-refractivity contribution in [3.63, 3.8) is 0 Å². The Morgan fingerprint density at radius 2 is 1.97 bits per heavy atom. The summed E-state index contributed by atoms with van der Waals surface area (Å²) in [6, 6.07) is 3.78. The first-order valence-corrected chi connectivity index (χ1v) is 11.3. The highest BCUT2D eigenvalue weighted by atomic mass is 35.5. The topological polar surface area (TPSA) is 69.7 Å². The lowest BCUT2D eigenvalue weighted by molar-refractivity contribution is -0.134. The molecule has 1 aliphatic carbocycles. The minimum absolute atomic E-state index is 0.0505. The molecule has 2 heterocycles. The third-order valence-electron chi connectivity index (χ3n) is 6.90. The Balaban J connectivity index is 1.39. The van der Waals surface area contributed by atoms with Crippen LogP contribution < -0.4 is 10.2 Å². The average molecular weight is 452 g/mol. The molecule has 1 aromatic rings. The zero-order valence-electron chi connectivity index (χ0n) is 17.3. The molecule has 3 aliphatic rings. The van der Waals surface area contributed by atoms with Crippen LogP contribution in [0, 0.1) is 18.3 Å². The van der Waals surface area contributed by atoms with Gasteiger partial charge >= 0.3 is 0 Å². The van der Waals surface area contributed by atoms with Crippen LogP contribution >= 0.6 is 23.2 Å². The van der Waals surface area contributed by atoms with Crippen molar-refractivity contribution < 1.29 is 14.4 Å². The van der Waals surface area contributed by atoms with Gasteiger partial charge in [-0.25, -0.2) is 0 Å². The van der Waals surface area contributed by atoms with E-state index in [0.29, 0.717) is 42.5 Å². The van der Waals surface area contributed by atoms with E-state index in [9.17, 15) is 14.4 Å². The summed E-state index contributed by atoms with van der Waals surface area (Å²) >= 11 is 12.5. The molecule has 2 aliphatic heterocycles. The number of hydrogen-bond acceptors (Lipinski definition) is 4. The molecular formula is C22H27Cl2N3O3. The summed E-state index contributed by atoms with van der Waals surface area (Å²) in [4.78, 5) is 41.3. The quantitative estimate of drug-likeness (QED) is 0.694. The van der Waals surface area contributed by atoms with E-state index in [2.05, 4.69) is 17.1 Å². The Labute approximate surface area is 186 Å². The lowest BCUT2D eigenvalue weighted by Crippen LogP contribution is -2.54. The molecule has 30 heavy (non-hydrogen) atoms. The van der Waals surface area contributed by atoms with Gasteiger partial charge in [0.1, 0.15) is 0 Å². The molecule has 6 nitrogen and oxygen atoms in total. The second kappa shape index (κ2) is 8.04. The summed E-state index contributed by atoms with van der Waals surface area (Å²) in [6.45, 7) is 5.96. The molecule has 0 aromatic heterocycles. The molecule has 3 amide bonds. The molecular weight excluding hydrogens is 425 g/mol. The van der Waals surface area contributed by atoms with E-state index >= 15 is 0 Å². The molecule has 1 N–H and O–H groups in total. The van der Waals surface area contributed by atoms with E-state index < -0.39 is 5.41 Å². The highest BCUT2D eigenvalue weighted by Gasteiger charge is 2.55. The molecule has 1 unspecified atom stereocenters. The number of nitrogens with zero attached hydrogens (tertiary/aromatic N) is 2. The number of piperazine rings is 1. The number of nitrogens with one attached hydrogen (secondary N) is 1. The molecule has 2 saturated heterocycles. The lowest BCUT2D eigenvalue weighted by atomic mass is 9.76. The zero-order chi connectivity index (χ0) is 21.6. The number of benzene rings is 1. The lowest BCUT2D eigenvalue weighted by Gasteiger charge is -2.42. The second-order valence-corrected chi connectivity index (χ2v) is 9.74. The molecule has 1 aromatic carbocycles. The van der Waals surface area contributed by atoms with Crippen LogP contribution in [0.3, 0.4) is 0 Å². The second-order valence-electron chi connectivity index (χ2n) is 8.90. The average Bonchev–Trinajstić information content (AvgIpc) is 3.49. The molecule has 3 fully saturated rings. The number of amides is 3. The number of halogens is 2. The van der Waals surface area contributed by atoms with Gasteiger partial charge in [-0.1, -0.05) is 23.2 Å². The Morgan fingerprint density at radius 1 is 1.23 bits per heavy atom. The summed E-state index contributed by atoms with van der Waals surface area (Å²) in [5, 5.41) is 3.68. The zero-order valence-corrected chi connectivity index (χ0v) is 18.9. The van der Waals surface area contributed by atoms with Crippen LogP contribution in [0.5, 0.6) is 0 Å². The van der Waals surface area contributed by atoms with E-state index in [1.165, 1.54) is 0 Å². The maximum atomic E-state index is 12.9. The standard InChI is InChI=1S/C22H27Cl2N3O3/c1-13-12-26(7-8-27(13)18-10-16(23)9-17(24)14(18)2)20(29)5-6-22(15-3-4-15)11-19(28)25-21(22)30/h9-10,13,15H,3-8,11-12H2,1-2H3,(H,25,28,30)/t13-,22?/m0/s1. The number of rotatable bonds is 5. The summed E-state index contributed by atoms with van der Waals surface area (Å²) in [5.74, 6) is -0.107. The fraction of sp³-hybridized carbons (Fsp3) is 0.591. The van der Waals surface area contributed by atoms with Crippen molar-refractivity contribution in [2.24, 2.45) is 11.3 Å². The van der Waals surface area contributed by atoms with Crippen LogP contribution in [0.1, 0.15) is 44.6 Å². The van der Waals surface area contributed by atoms with Gasteiger partial charge in [0.15, 0.2) is 0 Å². The molecule has 0 bridgehead atoms. The van der Waals surface area contributed by atoms with Crippen LogP contribution in [0.4, 0.5) is 5.69 Å². The van der Waals surface area contributed by atoms with Crippen LogP contribution in [0.2, 0.25) is 10.0 Å². The van der Waals surface area contributed by atoms with Gasteiger partial charge in [0, 0.05) is 54.3 Å². The highest BCUT2D eigenvalue weighted by Crippen LogP contribution is 2.52. The normalized spacial score (nSPS) is 26.9. The fourth-order valence-electron chi connectivity index (χ4n) is 4.99. The van der Waals surface area contributed by atoms with Crippen molar-refractivity contribution in [1.29, 1.82) is 0 Å². The molecule has 4 rings (SSSR count). The number of carbonyl (C=O) groups excluding carboxylic acids is 3. The number of carbonyl (C=O) groups is 3. The van der Waals surface area contributed by atoms with Gasteiger partial charge < -0.3 is 9.80 Å². The molecule has 8 heteroatoms. The number of anilines is 1. The van der Waals surface area contributed by atoms with Crippen molar-refractivity contribution in [3.05, 3.63) is 27.7 Å². The van der Waals surface area contributed by atoms with Gasteiger partial charge in [0.25, 0.3) is 0 Å². The maximum absolute atomic E-state index is 12.9. The highest BCUT2D eigenvalue weighted by molar-refractivity contribution is 6.35. The maximum Gasteiger partial charge on any atom is 0.233 e. The third-order valence-corrected chi connectivity index (χ3v) is 7.51. The first-order valence-electron chi connectivity index (χ1n) is 10.6. The Kier molecular flexibility index (Phi) is 5.75. The Bertz CT molecular complexity index is 902.